The highest BCUT2D eigenvalue weighted by Crippen LogP contribution is 2.32. The molecule has 7 nitrogen and oxygen atoms in total. The van der Waals surface area contributed by atoms with Crippen LogP contribution < -0.4 is 0 Å². The van der Waals surface area contributed by atoms with Crippen molar-refractivity contribution in [1.29, 1.82) is 0 Å². The topological polar surface area (TPSA) is 73.8 Å². The van der Waals surface area contributed by atoms with Gasteiger partial charge in [-0.1, -0.05) is 48.0 Å². The van der Waals surface area contributed by atoms with Crippen molar-refractivity contribution < 1.29 is 0 Å². The van der Waals surface area contributed by atoms with Crippen molar-refractivity contribution in [1.82, 2.24) is 34.8 Å². The maximum absolute atomic E-state index is 4.67. The van der Waals surface area contributed by atoms with Gasteiger partial charge in [0.1, 0.15) is 0 Å². The zero-order valence-corrected chi connectivity index (χ0v) is 16.9. The molecule has 25 heavy (non-hydrogen) atoms. The maximum atomic E-state index is 4.67. The highest BCUT2D eigenvalue weighted by Gasteiger charge is 2.20. The zero-order chi connectivity index (χ0) is 17.6. The molecular weight excluding hydrogens is 422 g/mol. The van der Waals surface area contributed by atoms with E-state index < -0.39 is 0 Å². The fourth-order valence-corrected chi connectivity index (χ4v) is 4.23. The first-order valence-corrected chi connectivity index (χ1v) is 9.91. The Balaban J connectivity index is 1.63. The Morgan fingerprint density at radius 3 is 2.60 bits per heavy atom. The molecule has 0 saturated carbocycles. The largest absolute Gasteiger partial charge is 0.222 e. The van der Waals surface area contributed by atoms with Gasteiger partial charge in [0, 0.05) is 9.89 Å². The number of hydrogen-bond acceptors (Lipinski definition) is 7. The monoisotopic (exact) mass is 435 g/mol. The Hall–Kier alpha value is -1.78. The van der Waals surface area contributed by atoms with Crippen LogP contribution in [-0.4, -0.2) is 34.8 Å². The molecular formula is C15H14BrN7S2. The van der Waals surface area contributed by atoms with Crippen molar-refractivity contribution in [2.24, 2.45) is 0 Å². The summed E-state index contributed by atoms with van der Waals surface area (Å²) in [5, 5.41) is 17.2. The van der Waals surface area contributed by atoms with E-state index in [9.17, 15) is 0 Å². The molecule has 1 aromatic carbocycles. The van der Waals surface area contributed by atoms with E-state index in [1.807, 2.05) is 35.0 Å². The molecule has 0 aliphatic carbocycles. The van der Waals surface area contributed by atoms with Crippen LogP contribution in [0, 0.1) is 0 Å². The van der Waals surface area contributed by atoms with Crippen LogP contribution in [0.3, 0.4) is 0 Å². The van der Waals surface area contributed by atoms with E-state index in [-0.39, 0.29) is 5.41 Å². The summed E-state index contributed by atoms with van der Waals surface area (Å²) < 4.78 is 5.37. The van der Waals surface area contributed by atoms with Crippen molar-refractivity contribution in [2.45, 2.75) is 35.7 Å². The molecule has 3 aromatic heterocycles. The van der Waals surface area contributed by atoms with Gasteiger partial charge < -0.3 is 0 Å². The molecule has 3 heterocycles. The third-order valence-corrected chi connectivity index (χ3v) is 5.92. The van der Waals surface area contributed by atoms with Crippen LogP contribution in [0.5, 0.6) is 0 Å². The van der Waals surface area contributed by atoms with Gasteiger partial charge in [0.25, 0.3) is 0 Å². The molecule has 0 radical (unpaired) electrons. The summed E-state index contributed by atoms with van der Waals surface area (Å²) in [6.07, 6.45) is 1.98. The molecule has 0 unspecified atom stereocenters. The number of halogens is 1. The number of fused-ring (bicyclic) bond motifs is 1. The molecule has 0 N–H and O–H groups in total. The molecule has 0 fully saturated rings. The van der Waals surface area contributed by atoms with Gasteiger partial charge in [-0.05, 0) is 46.5 Å². The van der Waals surface area contributed by atoms with Crippen LogP contribution in [0.1, 0.15) is 26.5 Å². The first kappa shape index (κ1) is 16.7. The van der Waals surface area contributed by atoms with Crippen molar-refractivity contribution >= 4 is 44.0 Å². The molecule has 0 bridgehead atoms. The molecule has 128 valence electrons. The standard InChI is InChI=1S/C15H14BrN7S2/c1-15(2,3)11-8-22-12(17-11)24-14(19-22)25-13-18-20-21-23(13)10-6-4-9(16)5-7-10/h4-8H,1-3H3. The van der Waals surface area contributed by atoms with Gasteiger partial charge in [-0.3, -0.25) is 0 Å². The van der Waals surface area contributed by atoms with Crippen molar-refractivity contribution in [3.05, 3.63) is 40.6 Å². The molecule has 4 aromatic rings. The molecule has 0 aliphatic heterocycles. The Morgan fingerprint density at radius 2 is 1.92 bits per heavy atom. The minimum atomic E-state index is 0.00635. The van der Waals surface area contributed by atoms with Gasteiger partial charge in [0.15, 0.2) is 4.34 Å². The average molecular weight is 436 g/mol. The number of benzene rings is 1. The normalized spacial score (nSPS) is 12.2. The van der Waals surface area contributed by atoms with Crippen LogP contribution >= 0.6 is 39.0 Å². The lowest BCUT2D eigenvalue weighted by Crippen LogP contribution is -2.11. The summed E-state index contributed by atoms with van der Waals surface area (Å²) >= 11 is 6.38. The number of aromatic nitrogens is 7. The summed E-state index contributed by atoms with van der Waals surface area (Å²) in [5.41, 5.74) is 1.93. The summed E-state index contributed by atoms with van der Waals surface area (Å²) in [4.78, 5) is 5.54. The fraction of sp³-hybridized carbons (Fsp3) is 0.267. The lowest BCUT2D eigenvalue weighted by molar-refractivity contribution is 0.572. The summed E-state index contributed by atoms with van der Waals surface area (Å²) in [6.45, 7) is 6.42. The van der Waals surface area contributed by atoms with Crippen molar-refractivity contribution in [2.75, 3.05) is 0 Å². The van der Waals surface area contributed by atoms with Gasteiger partial charge in [-0.2, -0.15) is 4.68 Å². The van der Waals surface area contributed by atoms with Crippen molar-refractivity contribution in [3.8, 4) is 5.69 Å². The van der Waals surface area contributed by atoms with Gasteiger partial charge in [0.2, 0.25) is 10.1 Å². The number of imidazole rings is 1. The smallest absolute Gasteiger partial charge is 0.221 e. The molecule has 4 rings (SSSR count). The van der Waals surface area contributed by atoms with Crippen molar-refractivity contribution in [3.63, 3.8) is 0 Å². The van der Waals surface area contributed by atoms with Crippen LogP contribution in [0.4, 0.5) is 0 Å². The average Bonchev–Trinajstić information content (AvgIpc) is 3.22. The van der Waals surface area contributed by atoms with Gasteiger partial charge in [-0.25, -0.2) is 9.50 Å². The third kappa shape index (κ3) is 3.33. The van der Waals surface area contributed by atoms with Crippen LogP contribution in [0.25, 0.3) is 10.6 Å². The second-order valence-corrected chi connectivity index (χ2v) is 9.51. The summed E-state index contributed by atoms with van der Waals surface area (Å²) in [7, 11) is 0. The van der Waals surface area contributed by atoms with Crippen LogP contribution in [-0.2, 0) is 5.41 Å². The van der Waals surface area contributed by atoms with E-state index >= 15 is 0 Å². The quantitative estimate of drug-likeness (QED) is 0.484. The van der Waals surface area contributed by atoms with Gasteiger partial charge in [-0.15, -0.1) is 10.2 Å². The second kappa shape index (κ2) is 6.19. The number of nitrogens with zero attached hydrogens (tertiary/aromatic N) is 7. The van der Waals surface area contributed by atoms with E-state index in [1.54, 1.807) is 4.68 Å². The molecule has 0 saturated heterocycles. The maximum Gasteiger partial charge on any atom is 0.221 e. The lowest BCUT2D eigenvalue weighted by atomic mass is 9.93. The van der Waals surface area contributed by atoms with Gasteiger partial charge >= 0.3 is 0 Å². The highest BCUT2D eigenvalue weighted by atomic mass is 79.9. The third-order valence-electron chi connectivity index (χ3n) is 3.48. The molecule has 10 heteroatoms. The molecule has 0 aliphatic rings. The Bertz CT molecular complexity index is 995. The number of hydrogen-bond donors (Lipinski definition) is 0. The molecule has 0 atom stereocenters. The van der Waals surface area contributed by atoms with E-state index in [0.717, 1.165) is 25.2 Å². The SMILES string of the molecule is CC(C)(C)c1cn2nc(Sc3nnnn3-c3ccc(Br)cc3)sc2n1. The Labute approximate surface area is 160 Å². The van der Waals surface area contributed by atoms with Gasteiger partial charge in [0.05, 0.1) is 17.6 Å². The molecule has 0 spiro atoms. The Morgan fingerprint density at radius 1 is 1.16 bits per heavy atom. The first-order chi connectivity index (χ1) is 11.9. The second-order valence-electron chi connectivity index (χ2n) is 6.42. The summed E-state index contributed by atoms with van der Waals surface area (Å²) in [6, 6.07) is 7.82. The highest BCUT2D eigenvalue weighted by molar-refractivity contribution is 9.10. The first-order valence-electron chi connectivity index (χ1n) is 7.49. The molecule has 0 amide bonds. The minimum absolute atomic E-state index is 0.00635. The van der Waals surface area contributed by atoms with Crippen LogP contribution in [0.2, 0.25) is 0 Å². The van der Waals surface area contributed by atoms with Crippen LogP contribution in [0.15, 0.2) is 44.4 Å². The van der Waals surface area contributed by atoms with E-state index in [4.69, 9.17) is 0 Å². The van der Waals surface area contributed by atoms with E-state index in [0.29, 0.717) is 5.16 Å². The predicted octanol–water partition coefficient (Wildman–Crippen LogP) is 3.98. The number of tetrazole rings is 1. The van der Waals surface area contributed by atoms with E-state index in [1.165, 1.54) is 23.1 Å². The fourth-order valence-electron chi connectivity index (χ4n) is 2.15. The lowest BCUT2D eigenvalue weighted by Gasteiger charge is -2.13. The summed E-state index contributed by atoms with van der Waals surface area (Å²) in [5.74, 6) is 0. The Kier molecular flexibility index (Phi) is 4.13. The number of rotatable bonds is 3. The minimum Gasteiger partial charge on any atom is -0.222 e. The predicted molar refractivity (Wildman–Crippen MR) is 101 cm³/mol. The van der Waals surface area contributed by atoms with E-state index in [2.05, 4.69) is 62.3 Å². The zero-order valence-electron chi connectivity index (χ0n) is 13.7.